The Bertz CT molecular complexity index is 843. The summed E-state index contributed by atoms with van der Waals surface area (Å²) in [5.74, 6) is -0.460. The van der Waals surface area contributed by atoms with Gasteiger partial charge < -0.3 is 19.9 Å². The third kappa shape index (κ3) is 10.1. The van der Waals surface area contributed by atoms with Crippen LogP contribution in [0.2, 0.25) is 0 Å². The molecular formula is C27H37NO5. The van der Waals surface area contributed by atoms with Gasteiger partial charge in [-0.1, -0.05) is 76.1 Å². The van der Waals surface area contributed by atoms with Crippen molar-refractivity contribution in [2.45, 2.75) is 58.5 Å². The molecule has 0 heterocycles. The minimum absolute atomic E-state index is 0.0275. The van der Waals surface area contributed by atoms with Gasteiger partial charge in [0, 0.05) is 19.1 Å². The third-order valence-electron chi connectivity index (χ3n) is 5.47. The number of carbonyl (C=O) groups excluding carboxylic acids is 2. The second kappa shape index (κ2) is 13.6. The molecule has 0 aliphatic heterocycles. The van der Waals surface area contributed by atoms with Gasteiger partial charge in [0.15, 0.2) is 0 Å². The van der Waals surface area contributed by atoms with Crippen molar-refractivity contribution in [1.29, 1.82) is 0 Å². The van der Waals surface area contributed by atoms with Crippen LogP contribution in [0.3, 0.4) is 0 Å². The molecule has 0 spiro atoms. The highest BCUT2D eigenvalue weighted by Gasteiger charge is 2.16. The number of aliphatic hydroxyl groups excluding tert-OH is 1. The van der Waals surface area contributed by atoms with E-state index in [0.29, 0.717) is 12.1 Å². The number of rotatable bonds is 12. The second-order valence-electron chi connectivity index (χ2n) is 9.31. The molecule has 1 amide bonds. The highest BCUT2D eigenvalue weighted by molar-refractivity contribution is 5.89. The number of unbranched alkanes of at least 4 members (excludes halogenated alkanes) is 2. The van der Waals surface area contributed by atoms with Crippen LogP contribution in [-0.4, -0.2) is 36.9 Å². The predicted octanol–water partition coefficient (Wildman–Crippen LogP) is 5.24. The Kier molecular flexibility index (Phi) is 10.9. The van der Waals surface area contributed by atoms with Gasteiger partial charge in [0.1, 0.15) is 6.61 Å². The van der Waals surface area contributed by atoms with E-state index in [-0.39, 0.29) is 37.1 Å². The fourth-order valence-corrected chi connectivity index (χ4v) is 3.31. The maximum Gasteiger partial charge on any atom is 0.407 e. The summed E-state index contributed by atoms with van der Waals surface area (Å²) in [5.41, 5.74) is 2.66. The van der Waals surface area contributed by atoms with Crippen LogP contribution in [0.1, 0.15) is 67.9 Å². The van der Waals surface area contributed by atoms with E-state index in [9.17, 15) is 14.7 Å². The predicted molar refractivity (Wildman–Crippen MR) is 129 cm³/mol. The van der Waals surface area contributed by atoms with E-state index in [4.69, 9.17) is 9.47 Å². The van der Waals surface area contributed by atoms with Gasteiger partial charge in [-0.3, -0.25) is 0 Å². The molecule has 6 nitrogen and oxygen atoms in total. The van der Waals surface area contributed by atoms with Crippen LogP contribution in [0.4, 0.5) is 4.79 Å². The SMILES string of the molecule is CC(C)(C)c1ccc(C(=O)OC[C@H](CO)CCCCCNC(=O)OCc2ccccc2)cc1. The van der Waals surface area contributed by atoms with Crippen molar-refractivity contribution < 1.29 is 24.2 Å². The molecule has 0 aliphatic rings. The summed E-state index contributed by atoms with van der Waals surface area (Å²) >= 11 is 0. The van der Waals surface area contributed by atoms with Gasteiger partial charge >= 0.3 is 12.1 Å². The molecule has 0 aromatic heterocycles. The monoisotopic (exact) mass is 455 g/mol. The Morgan fingerprint density at radius 2 is 1.64 bits per heavy atom. The van der Waals surface area contributed by atoms with Crippen LogP contribution in [0.25, 0.3) is 0 Å². The lowest BCUT2D eigenvalue weighted by Crippen LogP contribution is -2.25. The smallest absolute Gasteiger partial charge is 0.407 e. The zero-order chi connectivity index (χ0) is 24.1. The topological polar surface area (TPSA) is 84.9 Å². The summed E-state index contributed by atoms with van der Waals surface area (Å²) in [6.07, 6.45) is 2.93. The van der Waals surface area contributed by atoms with Crippen LogP contribution in [0.5, 0.6) is 0 Å². The van der Waals surface area contributed by atoms with E-state index in [1.807, 2.05) is 42.5 Å². The Labute approximate surface area is 197 Å². The molecule has 2 aromatic rings. The van der Waals surface area contributed by atoms with E-state index < -0.39 is 6.09 Å². The zero-order valence-corrected chi connectivity index (χ0v) is 20.0. The van der Waals surface area contributed by atoms with Crippen LogP contribution in [0.15, 0.2) is 54.6 Å². The van der Waals surface area contributed by atoms with Crippen molar-refractivity contribution in [3.05, 3.63) is 71.3 Å². The number of nitrogens with one attached hydrogen (secondary N) is 1. The lowest BCUT2D eigenvalue weighted by atomic mass is 9.87. The summed E-state index contributed by atoms with van der Waals surface area (Å²) in [4.78, 5) is 24.0. The van der Waals surface area contributed by atoms with Crippen LogP contribution >= 0.6 is 0 Å². The van der Waals surface area contributed by atoms with E-state index >= 15 is 0 Å². The zero-order valence-electron chi connectivity index (χ0n) is 20.0. The average Bonchev–Trinajstić information content (AvgIpc) is 2.81. The van der Waals surface area contributed by atoms with Crippen molar-refractivity contribution in [3.63, 3.8) is 0 Å². The van der Waals surface area contributed by atoms with E-state index in [0.717, 1.165) is 36.8 Å². The molecule has 0 fully saturated rings. The highest BCUT2D eigenvalue weighted by atomic mass is 16.5. The van der Waals surface area contributed by atoms with Gasteiger partial charge in [-0.15, -0.1) is 0 Å². The molecule has 0 radical (unpaired) electrons. The Morgan fingerprint density at radius 1 is 0.939 bits per heavy atom. The van der Waals surface area contributed by atoms with Crippen LogP contribution < -0.4 is 5.32 Å². The summed E-state index contributed by atoms with van der Waals surface area (Å²) in [6.45, 7) is 7.34. The number of benzene rings is 2. The molecule has 0 saturated heterocycles. The molecule has 0 unspecified atom stereocenters. The molecule has 0 bridgehead atoms. The number of alkyl carbamates (subject to hydrolysis) is 1. The number of ether oxygens (including phenoxy) is 2. The van der Waals surface area contributed by atoms with Gasteiger partial charge in [-0.05, 0) is 41.5 Å². The molecular weight excluding hydrogens is 418 g/mol. The van der Waals surface area contributed by atoms with Crippen LogP contribution in [-0.2, 0) is 21.5 Å². The van der Waals surface area contributed by atoms with Crippen LogP contribution in [0, 0.1) is 5.92 Å². The number of hydrogen-bond donors (Lipinski definition) is 2. The van der Waals surface area contributed by atoms with Crippen molar-refractivity contribution >= 4 is 12.1 Å². The first-order valence-corrected chi connectivity index (χ1v) is 11.6. The minimum Gasteiger partial charge on any atom is -0.462 e. The average molecular weight is 456 g/mol. The van der Waals surface area contributed by atoms with E-state index in [1.54, 1.807) is 12.1 Å². The summed E-state index contributed by atoms with van der Waals surface area (Å²) in [6, 6.07) is 17.0. The Hall–Kier alpha value is -2.86. The van der Waals surface area contributed by atoms with Crippen molar-refractivity contribution in [2.24, 2.45) is 5.92 Å². The quantitative estimate of drug-likeness (QED) is 0.338. The summed E-state index contributed by atoms with van der Waals surface area (Å²) < 4.78 is 10.6. The number of amides is 1. The lowest BCUT2D eigenvalue weighted by molar-refractivity contribution is 0.0375. The van der Waals surface area contributed by atoms with Crippen molar-refractivity contribution in [2.75, 3.05) is 19.8 Å². The van der Waals surface area contributed by atoms with Gasteiger partial charge in [0.05, 0.1) is 12.2 Å². The standard InChI is InChI=1S/C27H37NO5/c1-27(2,3)24-15-13-23(14-16-24)25(30)32-20-22(18-29)12-8-5-9-17-28-26(31)33-19-21-10-6-4-7-11-21/h4,6-7,10-11,13-16,22,29H,5,8-9,12,17-20H2,1-3H3,(H,28,31)/t22-/m0/s1. The normalized spacial score (nSPS) is 12.1. The number of aliphatic hydroxyl groups is 1. The number of carbonyl (C=O) groups is 2. The largest absolute Gasteiger partial charge is 0.462 e. The van der Waals surface area contributed by atoms with Gasteiger partial charge in [0.2, 0.25) is 0 Å². The number of hydrogen-bond acceptors (Lipinski definition) is 5. The Morgan fingerprint density at radius 3 is 2.27 bits per heavy atom. The molecule has 0 saturated carbocycles. The number of esters is 1. The first kappa shape index (κ1) is 26.4. The van der Waals surface area contributed by atoms with E-state index in [2.05, 4.69) is 26.1 Å². The fourth-order valence-electron chi connectivity index (χ4n) is 3.31. The second-order valence-corrected chi connectivity index (χ2v) is 9.31. The summed E-state index contributed by atoms with van der Waals surface area (Å²) in [7, 11) is 0. The highest BCUT2D eigenvalue weighted by Crippen LogP contribution is 2.22. The lowest BCUT2D eigenvalue weighted by Gasteiger charge is -2.19. The molecule has 2 N–H and O–H groups in total. The molecule has 33 heavy (non-hydrogen) atoms. The van der Waals surface area contributed by atoms with Crippen molar-refractivity contribution in [3.8, 4) is 0 Å². The van der Waals surface area contributed by atoms with E-state index in [1.165, 1.54) is 0 Å². The van der Waals surface area contributed by atoms with Gasteiger partial charge in [-0.2, -0.15) is 0 Å². The molecule has 2 rings (SSSR count). The molecule has 6 heteroatoms. The maximum absolute atomic E-state index is 12.3. The molecule has 1 atom stereocenters. The minimum atomic E-state index is -0.422. The summed E-state index contributed by atoms with van der Waals surface area (Å²) in [5, 5.41) is 12.3. The van der Waals surface area contributed by atoms with Gasteiger partial charge in [-0.25, -0.2) is 9.59 Å². The Balaban J connectivity index is 1.57. The van der Waals surface area contributed by atoms with Crippen molar-refractivity contribution in [1.82, 2.24) is 5.32 Å². The maximum atomic E-state index is 12.3. The third-order valence-corrected chi connectivity index (χ3v) is 5.47. The first-order valence-electron chi connectivity index (χ1n) is 11.6. The molecule has 2 aromatic carbocycles. The molecule has 0 aliphatic carbocycles. The fraction of sp³-hybridized carbons (Fsp3) is 0.481. The first-order chi connectivity index (χ1) is 15.8. The van der Waals surface area contributed by atoms with Gasteiger partial charge in [0.25, 0.3) is 0 Å². The molecule has 180 valence electrons.